The number of allylic oxidation sites excluding steroid dienone is 2. The lowest BCUT2D eigenvalue weighted by molar-refractivity contribution is 0.0695. The van der Waals surface area contributed by atoms with Gasteiger partial charge in [0, 0.05) is 42.6 Å². The summed E-state index contributed by atoms with van der Waals surface area (Å²) in [4.78, 5) is 28.5. The predicted octanol–water partition coefficient (Wildman–Crippen LogP) is 9.39. The Hall–Kier alpha value is -6.16. The number of aromatic carboxylic acids is 1. The summed E-state index contributed by atoms with van der Waals surface area (Å²) in [7, 11) is 10.0. The Morgan fingerprint density at radius 3 is 1.39 bits per heavy atom. The van der Waals surface area contributed by atoms with E-state index in [2.05, 4.69) is 36.0 Å². The van der Waals surface area contributed by atoms with Gasteiger partial charge in [-0.3, -0.25) is 14.6 Å². The molecule has 0 bridgehead atoms. The highest BCUT2D eigenvalue weighted by Crippen LogP contribution is 2.41. The average molecular weight is 931 g/mol. The second kappa shape index (κ2) is 26.2. The number of halogens is 2. The van der Waals surface area contributed by atoms with Crippen LogP contribution in [0.1, 0.15) is 84.2 Å². The minimum Gasteiger partial charge on any atom is -0.493 e. The Labute approximate surface area is 394 Å². The van der Waals surface area contributed by atoms with E-state index in [0.29, 0.717) is 92.0 Å². The molecule has 0 spiro atoms. The third-order valence-corrected chi connectivity index (χ3v) is 12.5. The molecule has 13 nitrogen and oxygen atoms in total. The molecule has 4 N–H and O–H groups in total. The van der Waals surface area contributed by atoms with Crippen LogP contribution >= 0.6 is 0 Å². The van der Waals surface area contributed by atoms with E-state index >= 15 is 0 Å². The van der Waals surface area contributed by atoms with Crippen molar-refractivity contribution < 1.29 is 51.9 Å². The summed E-state index contributed by atoms with van der Waals surface area (Å²) < 4.78 is 59.6. The summed E-state index contributed by atoms with van der Waals surface area (Å²) in [6, 6.07) is 25.5. The van der Waals surface area contributed by atoms with E-state index in [0.717, 1.165) is 37.1 Å². The van der Waals surface area contributed by atoms with Gasteiger partial charge in [0.05, 0.1) is 45.7 Å². The molecule has 0 heterocycles. The van der Waals surface area contributed by atoms with E-state index in [4.69, 9.17) is 39.3 Å². The number of nitrogens with two attached hydrogens (primary N) is 1. The first-order valence-corrected chi connectivity index (χ1v) is 22.4. The van der Waals surface area contributed by atoms with Crippen molar-refractivity contribution in [1.29, 1.82) is 0 Å². The number of nitrogens with one attached hydrogen (secondary N) is 1. The summed E-state index contributed by atoms with van der Waals surface area (Å²) in [6.45, 7) is 7.63. The maximum atomic E-state index is 13.6. The summed E-state index contributed by atoms with van der Waals surface area (Å²) in [5, 5.41) is 12.1. The number of nitrogens with zero attached hydrogens (tertiary/aromatic N) is 2. The van der Waals surface area contributed by atoms with Gasteiger partial charge in [-0.1, -0.05) is 86.7 Å². The summed E-state index contributed by atoms with van der Waals surface area (Å²) >= 11 is 0. The standard InChI is InChI=1S/C26H33FN2O4.C16H16O5.C10H19FN2/c1-5-29(2)26(13-11-21(27)12-14-26)18-28-25(30)20-15-22(31-3)24(23(16-20)32-4)33-17-19-9-7-6-8-10-19;1-19-13-8-12(16(17)18)9-14(20-2)15(13)21-10-11-6-4-3-5-7-11;1-3-13(2)10(8-12)6-4-9(11)5-7-10/h6-11,15-16H,5,12-14,17-18H2,1-4H3,(H,28,30);3-9H,10H2,1-2H3,(H,17,18);4H,3,5-8,12H2,1-2H3. The number of rotatable bonds is 19. The molecule has 364 valence electrons. The molecule has 2 atom stereocenters. The van der Waals surface area contributed by atoms with Crippen molar-refractivity contribution >= 4 is 11.9 Å². The van der Waals surface area contributed by atoms with Gasteiger partial charge in [-0.2, -0.15) is 0 Å². The quantitative estimate of drug-likeness (QED) is 0.0821. The lowest BCUT2D eigenvalue weighted by atomic mass is 9.83. The van der Waals surface area contributed by atoms with Gasteiger partial charge in [-0.05, 0) is 88.3 Å². The number of carbonyl (C=O) groups excluding carboxylic acids is 1. The third-order valence-electron chi connectivity index (χ3n) is 12.5. The van der Waals surface area contributed by atoms with Gasteiger partial charge in [0.15, 0.2) is 23.0 Å². The highest BCUT2D eigenvalue weighted by atomic mass is 19.1. The molecule has 2 unspecified atom stereocenters. The molecular weight excluding hydrogens is 863 g/mol. The van der Waals surface area contributed by atoms with Crippen LogP contribution in [-0.4, -0.2) is 107 Å². The van der Waals surface area contributed by atoms with Gasteiger partial charge in [0.1, 0.15) is 13.2 Å². The van der Waals surface area contributed by atoms with Crippen molar-refractivity contribution in [2.45, 2.75) is 76.7 Å². The summed E-state index contributed by atoms with van der Waals surface area (Å²) in [5.74, 6) is 0.934. The lowest BCUT2D eigenvalue weighted by Crippen LogP contribution is -2.54. The number of carboxylic acids is 1. The normalized spacial score (nSPS) is 17.6. The first kappa shape index (κ1) is 53.5. The summed E-state index contributed by atoms with van der Waals surface area (Å²) in [5.41, 5.74) is 7.94. The smallest absolute Gasteiger partial charge is 0.335 e. The molecule has 0 fully saturated rings. The fraction of sp³-hybridized carbons (Fsp3) is 0.423. The molecule has 0 saturated heterocycles. The molecule has 0 aliphatic heterocycles. The minimum atomic E-state index is -1.05. The van der Waals surface area contributed by atoms with E-state index in [-0.39, 0.29) is 34.2 Å². The monoisotopic (exact) mass is 930 g/mol. The Bertz CT molecular complexity index is 2210. The van der Waals surface area contributed by atoms with Gasteiger partial charge >= 0.3 is 5.97 Å². The second-order valence-electron chi connectivity index (χ2n) is 16.3. The molecule has 2 aliphatic carbocycles. The Balaban J connectivity index is 0.000000245. The first-order valence-electron chi connectivity index (χ1n) is 22.4. The molecular formula is C52H68F2N4O9. The number of benzene rings is 4. The van der Waals surface area contributed by atoms with Gasteiger partial charge in [-0.25, -0.2) is 13.6 Å². The van der Waals surface area contributed by atoms with Crippen LogP contribution < -0.4 is 39.5 Å². The zero-order valence-corrected chi connectivity index (χ0v) is 40.2. The molecule has 6 rings (SSSR count). The van der Waals surface area contributed by atoms with Crippen LogP contribution in [0.25, 0.3) is 0 Å². The largest absolute Gasteiger partial charge is 0.493 e. The zero-order chi connectivity index (χ0) is 49.0. The topological polar surface area (TPSA) is 154 Å². The fourth-order valence-corrected chi connectivity index (χ4v) is 7.82. The van der Waals surface area contributed by atoms with Crippen molar-refractivity contribution in [2.75, 3.05) is 68.7 Å². The first-order chi connectivity index (χ1) is 32.2. The average Bonchev–Trinajstić information content (AvgIpc) is 3.37. The van der Waals surface area contributed by atoms with Crippen molar-refractivity contribution in [3.05, 3.63) is 131 Å². The molecule has 4 aromatic rings. The van der Waals surface area contributed by atoms with Crippen molar-refractivity contribution in [3.63, 3.8) is 0 Å². The number of ether oxygens (including phenoxy) is 6. The van der Waals surface area contributed by atoms with Crippen molar-refractivity contribution in [3.8, 4) is 34.5 Å². The summed E-state index contributed by atoms with van der Waals surface area (Å²) in [6.07, 6.45) is 7.04. The van der Waals surface area contributed by atoms with Crippen molar-refractivity contribution in [1.82, 2.24) is 15.1 Å². The zero-order valence-electron chi connectivity index (χ0n) is 40.2. The number of methoxy groups -OCH3 is 4. The van der Waals surface area contributed by atoms with Crippen LogP contribution in [0.3, 0.4) is 0 Å². The number of carboxylic acid groups (broad SMARTS) is 1. The molecule has 0 radical (unpaired) electrons. The van der Waals surface area contributed by atoms with Gasteiger partial charge in [0.25, 0.3) is 5.91 Å². The second-order valence-corrected chi connectivity index (χ2v) is 16.3. The molecule has 0 aromatic heterocycles. The Morgan fingerprint density at radius 2 is 1.04 bits per heavy atom. The number of amides is 1. The molecule has 67 heavy (non-hydrogen) atoms. The Morgan fingerprint density at radius 1 is 0.657 bits per heavy atom. The van der Waals surface area contributed by atoms with E-state index in [1.165, 1.54) is 40.6 Å². The lowest BCUT2D eigenvalue weighted by Gasteiger charge is -2.43. The van der Waals surface area contributed by atoms with Crippen LogP contribution in [0, 0.1) is 0 Å². The third kappa shape index (κ3) is 14.7. The van der Waals surface area contributed by atoms with Gasteiger partial charge < -0.3 is 44.6 Å². The number of likely N-dealkylation sites (N-methyl/N-ethyl adjacent to an activating group) is 2. The number of hydrogen-bond acceptors (Lipinski definition) is 11. The maximum absolute atomic E-state index is 13.6. The number of carbonyl (C=O) groups is 2. The minimum absolute atomic E-state index is 0.00431. The van der Waals surface area contributed by atoms with Crippen LogP contribution in [0.15, 0.2) is 109 Å². The van der Waals surface area contributed by atoms with Crippen LogP contribution in [-0.2, 0) is 13.2 Å². The van der Waals surface area contributed by atoms with Crippen LogP contribution in [0.4, 0.5) is 8.78 Å². The molecule has 2 aliphatic rings. The molecule has 4 aromatic carbocycles. The molecule has 1 amide bonds. The van der Waals surface area contributed by atoms with E-state index in [1.54, 1.807) is 24.3 Å². The molecule has 15 heteroatoms. The van der Waals surface area contributed by atoms with E-state index < -0.39 is 5.97 Å². The van der Waals surface area contributed by atoms with Crippen LogP contribution in [0.5, 0.6) is 34.5 Å². The maximum Gasteiger partial charge on any atom is 0.335 e. The van der Waals surface area contributed by atoms with Gasteiger partial charge in [-0.15, -0.1) is 0 Å². The molecule has 0 saturated carbocycles. The van der Waals surface area contributed by atoms with Crippen LogP contribution in [0.2, 0.25) is 0 Å². The Kier molecular flexibility index (Phi) is 20.9. The SMILES string of the molecule is CCN(C)C1(CN)CC=C(F)CC1.CCN(C)C1(CNC(=O)c2cc(OC)c(OCc3ccccc3)c(OC)c2)CC=C(F)CC1.COc1cc(C(=O)O)cc(OC)c1OCc1ccccc1. The highest BCUT2D eigenvalue weighted by Gasteiger charge is 2.36. The highest BCUT2D eigenvalue weighted by molar-refractivity contribution is 5.95. The van der Waals surface area contributed by atoms with E-state index in [1.807, 2.05) is 67.7 Å². The predicted molar refractivity (Wildman–Crippen MR) is 257 cm³/mol. The fourth-order valence-electron chi connectivity index (χ4n) is 7.82. The van der Waals surface area contributed by atoms with Gasteiger partial charge in [0.2, 0.25) is 11.5 Å². The van der Waals surface area contributed by atoms with Crippen molar-refractivity contribution in [2.24, 2.45) is 5.73 Å². The number of hydrogen-bond donors (Lipinski definition) is 3. The van der Waals surface area contributed by atoms with E-state index in [9.17, 15) is 18.4 Å².